The third-order valence-corrected chi connectivity index (χ3v) is 4.27. The molecule has 1 aliphatic heterocycles. The van der Waals surface area contributed by atoms with Crippen molar-refractivity contribution < 1.29 is 9.53 Å². The second kappa shape index (κ2) is 7.79. The first-order chi connectivity index (χ1) is 8.70. The Morgan fingerprint density at radius 1 is 1.63 bits per heavy atom. The minimum absolute atomic E-state index is 0. The highest BCUT2D eigenvalue weighted by Gasteiger charge is 2.26. The lowest BCUT2D eigenvalue weighted by molar-refractivity contribution is -0.119. The van der Waals surface area contributed by atoms with Gasteiger partial charge >= 0.3 is 0 Å². The van der Waals surface area contributed by atoms with Crippen LogP contribution in [0.4, 0.5) is 5.13 Å². The first kappa shape index (κ1) is 16.4. The summed E-state index contributed by atoms with van der Waals surface area (Å²) in [4.78, 5) is 17.3. The third-order valence-electron chi connectivity index (χ3n) is 3.21. The molecule has 3 N–H and O–H groups in total. The van der Waals surface area contributed by atoms with Crippen LogP contribution in [0.1, 0.15) is 24.6 Å². The van der Waals surface area contributed by atoms with Gasteiger partial charge in [-0.05, 0) is 25.2 Å². The summed E-state index contributed by atoms with van der Waals surface area (Å²) < 4.78 is 5.27. The zero-order chi connectivity index (χ0) is 13.0. The van der Waals surface area contributed by atoms with Crippen molar-refractivity contribution in [3.8, 4) is 0 Å². The quantitative estimate of drug-likeness (QED) is 0.889. The summed E-state index contributed by atoms with van der Waals surface area (Å²) in [5.74, 6) is 0.0725. The maximum Gasteiger partial charge on any atom is 0.243 e. The molecule has 2 rings (SSSR count). The van der Waals surface area contributed by atoms with Crippen LogP contribution in [-0.2, 0) is 16.0 Å². The van der Waals surface area contributed by atoms with E-state index in [1.807, 2.05) is 0 Å². The molecule has 0 bridgehead atoms. The lowest BCUT2D eigenvalue weighted by atomic mass is 9.92. The average Bonchev–Trinajstić information content (AvgIpc) is 2.86. The van der Waals surface area contributed by atoms with Gasteiger partial charge in [-0.2, -0.15) is 0 Å². The zero-order valence-corrected chi connectivity index (χ0v) is 12.6. The fourth-order valence-electron chi connectivity index (χ4n) is 2.01. The number of nitrogens with two attached hydrogens (primary N) is 1. The van der Waals surface area contributed by atoms with Crippen molar-refractivity contribution in [2.24, 2.45) is 11.7 Å². The van der Waals surface area contributed by atoms with Crippen molar-refractivity contribution in [1.82, 2.24) is 4.98 Å². The number of nitrogens with zero attached hydrogens (tertiary/aromatic N) is 1. The van der Waals surface area contributed by atoms with Gasteiger partial charge in [-0.3, -0.25) is 4.79 Å². The molecule has 19 heavy (non-hydrogen) atoms. The SMILES string of the molecule is CCc1cnc(NC(=O)C(N)C2CCOCC2)s1.Cl. The van der Waals surface area contributed by atoms with E-state index in [0.29, 0.717) is 18.3 Å². The zero-order valence-electron chi connectivity index (χ0n) is 10.9. The standard InChI is InChI=1S/C12H19N3O2S.ClH/c1-2-9-7-14-12(18-9)15-11(16)10(13)8-3-5-17-6-4-8;/h7-8,10H,2-6,13H2,1H3,(H,14,15,16);1H. The maximum atomic E-state index is 12.0. The van der Waals surface area contributed by atoms with Crippen LogP contribution >= 0.6 is 23.7 Å². The Morgan fingerprint density at radius 2 is 2.32 bits per heavy atom. The van der Waals surface area contributed by atoms with E-state index in [2.05, 4.69) is 17.2 Å². The first-order valence-corrected chi connectivity index (χ1v) is 7.11. The lowest BCUT2D eigenvalue weighted by Gasteiger charge is -2.26. The molecule has 1 unspecified atom stereocenters. The van der Waals surface area contributed by atoms with E-state index in [1.165, 1.54) is 11.3 Å². The number of carbonyl (C=O) groups excluding carboxylic acids is 1. The molecule has 1 aromatic rings. The predicted octanol–water partition coefficient (Wildman–Crippen LogP) is 1.82. The molecule has 0 aliphatic carbocycles. The molecule has 2 heterocycles. The molecule has 1 amide bonds. The second-order valence-electron chi connectivity index (χ2n) is 4.45. The molecule has 0 spiro atoms. The van der Waals surface area contributed by atoms with Gasteiger partial charge in [0.15, 0.2) is 5.13 Å². The molecule has 1 aromatic heterocycles. The number of thiazole rings is 1. The van der Waals surface area contributed by atoms with Crippen LogP contribution in [0, 0.1) is 5.92 Å². The largest absolute Gasteiger partial charge is 0.381 e. The summed E-state index contributed by atoms with van der Waals surface area (Å²) in [5.41, 5.74) is 5.99. The molecule has 1 fully saturated rings. The van der Waals surface area contributed by atoms with Gasteiger partial charge in [0.25, 0.3) is 0 Å². The summed E-state index contributed by atoms with van der Waals surface area (Å²) in [7, 11) is 0. The molecule has 0 saturated carbocycles. The normalized spacial score (nSPS) is 17.6. The molecule has 0 aromatic carbocycles. The van der Waals surface area contributed by atoms with E-state index in [0.717, 1.165) is 24.1 Å². The summed E-state index contributed by atoms with van der Waals surface area (Å²) in [6.07, 6.45) is 4.43. The van der Waals surface area contributed by atoms with E-state index >= 15 is 0 Å². The third kappa shape index (κ3) is 4.42. The van der Waals surface area contributed by atoms with Crippen LogP contribution in [-0.4, -0.2) is 30.1 Å². The van der Waals surface area contributed by atoms with E-state index < -0.39 is 6.04 Å². The monoisotopic (exact) mass is 305 g/mol. The van der Waals surface area contributed by atoms with Gasteiger partial charge in [0.05, 0.1) is 6.04 Å². The van der Waals surface area contributed by atoms with Gasteiger partial charge < -0.3 is 15.8 Å². The van der Waals surface area contributed by atoms with Crippen LogP contribution in [0.2, 0.25) is 0 Å². The van der Waals surface area contributed by atoms with Crippen molar-refractivity contribution in [3.63, 3.8) is 0 Å². The lowest BCUT2D eigenvalue weighted by Crippen LogP contribution is -2.43. The van der Waals surface area contributed by atoms with Gasteiger partial charge in [-0.15, -0.1) is 23.7 Å². The smallest absolute Gasteiger partial charge is 0.243 e. The molecule has 7 heteroatoms. The van der Waals surface area contributed by atoms with Gasteiger partial charge in [0.1, 0.15) is 0 Å². The number of ether oxygens (including phenoxy) is 1. The van der Waals surface area contributed by atoms with Crippen LogP contribution in [0.15, 0.2) is 6.20 Å². The highest BCUT2D eigenvalue weighted by Crippen LogP contribution is 2.21. The summed E-state index contributed by atoms with van der Waals surface area (Å²) in [6.45, 7) is 3.46. The van der Waals surface area contributed by atoms with Crippen LogP contribution in [0.5, 0.6) is 0 Å². The Bertz CT molecular complexity index is 407. The number of halogens is 1. The topological polar surface area (TPSA) is 77.2 Å². The van der Waals surface area contributed by atoms with E-state index in [-0.39, 0.29) is 24.2 Å². The summed E-state index contributed by atoms with van der Waals surface area (Å²) in [6, 6.07) is -0.470. The van der Waals surface area contributed by atoms with Crippen LogP contribution < -0.4 is 11.1 Å². The Hall–Kier alpha value is -0.690. The highest BCUT2D eigenvalue weighted by molar-refractivity contribution is 7.15. The van der Waals surface area contributed by atoms with E-state index in [9.17, 15) is 4.79 Å². The molecular weight excluding hydrogens is 286 g/mol. The molecule has 1 saturated heterocycles. The fourth-order valence-corrected chi connectivity index (χ4v) is 2.76. The number of aryl methyl sites for hydroxylation is 1. The minimum atomic E-state index is -0.470. The van der Waals surface area contributed by atoms with Crippen molar-refractivity contribution in [2.45, 2.75) is 32.2 Å². The number of hydrogen-bond acceptors (Lipinski definition) is 5. The first-order valence-electron chi connectivity index (χ1n) is 6.29. The Labute approximate surface area is 123 Å². The molecule has 0 radical (unpaired) electrons. The maximum absolute atomic E-state index is 12.0. The predicted molar refractivity (Wildman–Crippen MR) is 78.9 cm³/mol. The number of carbonyl (C=O) groups is 1. The number of anilines is 1. The van der Waals surface area contributed by atoms with Crippen molar-refractivity contribution >= 4 is 34.8 Å². The van der Waals surface area contributed by atoms with Crippen LogP contribution in [0.25, 0.3) is 0 Å². The van der Waals surface area contributed by atoms with Crippen molar-refractivity contribution in [2.75, 3.05) is 18.5 Å². The van der Waals surface area contributed by atoms with Crippen molar-refractivity contribution in [1.29, 1.82) is 0 Å². The Morgan fingerprint density at radius 3 is 2.89 bits per heavy atom. The summed E-state index contributed by atoms with van der Waals surface area (Å²) >= 11 is 1.50. The highest BCUT2D eigenvalue weighted by atomic mass is 35.5. The molecule has 108 valence electrons. The van der Waals surface area contributed by atoms with Crippen molar-refractivity contribution in [3.05, 3.63) is 11.1 Å². The Kier molecular flexibility index (Phi) is 6.71. The van der Waals surface area contributed by atoms with Gasteiger partial charge in [0.2, 0.25) is 5.91 Å². The molecule has 5 nitrogen and oxygen atoms in total. The number of nitrogens with one attached hydrogen (secondary N) is 1. The number of amides is 1. The van der Waals surface area contributed by atoms with E-state index in [4.69, 9.17) is 10.5 Å². The Balaban J connectivity index is 0.00000180. The summed E-state index contributed by atoms with van der Waals surface area (Å²) in [5, 5.41) is 3.43. The number of aromatic nitrogens is 1. The van der Waals surface area contributed by atoms with Gasteiger partial charge in [0, 0.05) is 24.3 Å². The number of rotatable bonds is 4. The minimum Gasteiger partial charge on any atom is -0.381 e. The van der Waals surface area contributed by atoms with Crippen LogP contribution in [0.3, 0.4) is 0 Å². The van der Waals surface area contributed by atoms with E-state index in [1.54, 1.807) is 6.20 Å². The molecule has 1 aliphatic rings. The second-order valence-corrected chi connectivity index (χ2v) is 5.57. The molecular formula is C12H20ClN3O2S. The van der Waals surface area contributed by atoms with Gasteiger partial charge in [-0.1, -0.05) is 6.92 Å². The average molecular weight is 306 g/mol. The number of hydrogen-bond donors (Lipinski definition) is 2. The molecule has 1 atom stereocenters. The van der Waals surface area contributed by atoms with Gasteiger partial charge in [-0.25, -0.2) is 4.98 Å². The fraction of sp³-hybridized carbons (Fsp3) is 0.667.